The average Bonchev–Trinajstić information content (AvgIpc) is 2.87. The molecule has 0 aliphatic heterocycles. The summed E-state index contributed by atoms with van der Waals surface area (Å²) in [6, 6.07) is 1.59. The second-order valence-corrected chi connectivity index (χ2v) is 3.94. The maximum absolute atomic E-state index is 10.8. The molecule has 1 aromatic heterocycles. The van der Waals surface area contributed by atoms with Crippen LogP contribution in [0.2, 0.25) is 0 Å². The van der Waals surface area contributed by atoms with E-state index in [2.05, 4.69) is 20.9 Å². The Kier molecular flexibility index (Phi) is 2.41. The lowest BCUT2D eigenvalue weighted by molar-refractivity contribution is 0.0691. The number of aromatic carboxylic acids is 1. The number of carboxylic acid groups (broad SMARTS) is 1. The van der Waals surface area contributed by atoms with Crippen LogP contribution in [0.3, 0.4) is 0 Å². The minimum Gasteiger partial charge on any atom is -0.489 e. The number of hydrogen-bond acceptors (Lipinski definition) is 3. The highest BCUT2D eigenvalue weighted by atomic mass is 79.9. The van der Waals surface area contributed by atoms with Gasteiger partial charge in [0.15, 0.2) is 0 Å². The van der Waals surface area contributed by atoms with E-state index in [0.717, 1.165) is 12.8 Å². The smallest absolute Gasteiger partial charge is 0.341 e. The van der Waals surface area contributed by atoms with Gasteiger partial charge in [0.05, 0.1) is 6.10 Å². The van der Waals surface area contributed by atoms with Gasteiger partial charge in [0, 0.05) is 12.3 Å². The topological polar surface area (TPSA) is 59.4 Å². The van der Waals surface area contributed by atoms with E-state index in [4.69, 9.17) is 9.84 Å². The summed E-state index contributed by atoms with van der Waals surface area (Å²) in [7, 11) is 0. The van der Waals surface area contributed by atoms with Crippen LogP contribution < -0.4 is 4.74 Å². The molecule has 1 aromatic rings. The molecule has 1 aliphatic carbocycles. The number of rotatable bonds is 3. The molecule has 0 unspecified atom stereocenters. The molecule has 1 N–H and O–H groups in total. The van der Waals surface area contributed by atoms with Crippen LogP contribution in [0.25, 0.3) is 0 Å². The Morgan fingerprint density at radius 2 is 2.36 bits per heavy atom. The zero-order valence-corrected chi connectivity index (χ0v) is 8.82. The highest BCUT2D eigenvalue weighted by molar-refractivity contribution is 9.10. The Labute approximate surface area is 89.0 Å². The Morgan fingerprint density at radius 1 is 1.64 bits per heavy atom. The number of aromatic nitrogens is 1. The molecule has 2 rings (SSSR count). The quantitative estimate of drug-likeness (QED) is 0.843. The summed E-state index contributed by atoms with van der Waals surface area (Å²) in [5, 5.41) is 8.85. The van der Waals surface area contributed by atoms with Crippen molar-refractivity contribution in [3.8, 4) is 5.75 Å². The summed E-state index contributed by atoms with van der Waals surface area (Å²) in [6.07, 6.45) is 3.48. The predicted octanol–water partition coefficient (Wildman–Crippen LogP) is 2.08. The van der Waals surface area contributed by atoms with Gasteiger partial charge in [-0.05, 0) is 28.8 Å². The third-order valence-corrected chi connectivity index (χ3v) is 2.31. The molecule has 5 heteroatoms. The minimum atomic E-state index is -1.01. The van der Waals surface area contributed by atoms with E-state index < -0.39 is 5.97 Å². The molecule has 14 heavy (non-hydrogen) atoms. The molecular weight excluding hydrogens is 250 g/mol. The summed E-state index contributed by atoms with van der Waals surface area (Å²) >= 11 is 3.17. The molecule has 1 fully saturated rings. The number of pyridine rings is 1. The average molecular weight is 258 g/mol. The number of carbonyl (C=O) groups is 1. The maximum atomic E-state index is 10.8. The van der Waals surface area contributed by atoms with Crippen LogP contribution in [0.5, 0.6) is 5.75 Å². The third kappa shape index (κ3) is 2.04. The largest absolute Gasteiger partial charge is 0.489 e. The van der Waals surface area contributed by atoms with Gasteiger partial charge >= 0.3 is 5.97 Å². The molecule has 0 spiro atoms. The van der Waals surface area contributed by atoms with Crippen molar-refractivity contribution in [2.24, 2.45) is 0 Å². The van der Waals surface area contributed by atoms with Crippen molar-refractivity contribution in [2.45, 2.75) is 18.9 Å². The fourth-order valence-corrected chi connectivity index (χ4v) is 1.35. The molecule has 4 nitrogen and oxygen atoms in total. The molecule has 1 saturated carbocycles. The van der Waals surface area contributed by atoms with Gasteiger partial charge in [0.1, 0.15) is 15.9 Å². The van der Waals surface area contributed by atoms with E-state index in [1.165, 1.54) is 6.20 Å². The first-order chi connectivity index (χ1) is 6.66. The van der Waals surface area contributed by atoms with Gasteiger partial charge in [-0.3, -0.25) is 0 Å². The zero-order valence-electron chi connectivity index (χ0n) is 7.24. The van der Waals surface area contributed by atoms with Crippen LogP contribution in [-0.2, 0) is 0 Å². The fraction of sp³-hybridized carbons (Fsp3) is 0.333. The standard InChI is InChI=1S/C9H8BrNO3/c10-8-3-7(14-5-1-2-5)6(4-11-8)9(12)13/h3-5H,1-2H2,(H,12,13). The van der Waals surface area contributed by atoms with Crippen LogP contribution in [0.4, 0.5) is 0 Å². The van der Waals surface area contributed by atoms with Crippen molar-refractivity contribution in [2.75, 3.05) is 0 Å². The summed E-state index contributed by atoms with van der Waals surface area (Å²) in [5.41, 5.74) is 0.111. The molecule has 1 heterocycles. The maximum Gasteiger partial charge on any atom is 0.341 e. The number of hydrogen-bond donors (Lipinski definition) is 1. The molecular formula is C9H8BrNO3. The summed E-state index contributed by atoms with van der Waals surface area (Å²) in [4.78, 5) is 14.6. The monoisotopic (exact) mass is 257 g/mol. The van der Waals surface area contributed by atoms with Gasteiger partial charge in [-0.2, -0.15) is 0 Å². The van der Waals surface area contributed by atoms with Crippen molar-refractivity contribution < 1.29 is 14.6 Å². The van der Waals surface area contributed by atoms with Gasteiger partial charge in [0.25, 0.3) is 0 Å². The minimum absolute atomic E-state index is 0.111. The lowest BCUT2D eigenvalue weighted by atomic mass is 10.2. The van der Waals surface area contributed by atoms with E-state index in [1.54, 1.807) is 6.07 Å². The lowest BCUT2D eigenvalue weighted by Gasteiger charge is -2.07. The normalized spacial score (nSPS) is 15.2. The highest BCUT2D eigenvalue weighted by Crippen LogP contribution is 2.30. The first-order valence-electron chi connectivity index (χ1n) is 4.22. The highest BCUT2D eigenvalue weighted by Gasteiger charge is 2.26. The Morgan fingerprint density at radius 3 is 2.93 bits per heavy atom. The summed E-state index contributed by atoms with van der Waals surface area (Å²) in [5.74, 6) is -0.623. The Bertz CT molecular complexity index is 376. The van der Waals surface area contributed by atoms with Crippen LogP contribution >= 0.6 is 15.9 Å². The first kappa shape index (κ1) is 9.45. The van der Waals surface area contributed by atoms with E-state index >= 15 is 0 Å². The Balaban J connectivity index is 2.31. The van der Waals surface area contributed by atoms with Gasteiger partial charge in [-0.1, -0.05) is 0 Å². The summed E-state index contributed by atoms with van der Waals surface area (Å²) in [6.45, 7) is 0. The van der Waals surface area contributed by atoms with Crippen molar-refractivity contribution in [1.29, 1.82) is 0 Å². The molecule has 0 aromatic carbocycles. The van der Waals surface area contributed by atoms with Gasteiger partial charge in [-0.25, -0.2) is 9.78 Å². The van der Waals surface area contributed by atoms with Crippen LogP contribution in [0.1, 0.15) is 23.2 Å². The number of ether oxygens (including phenoxy) is 1. The first-order valence-corrected chi connectivity index (χ1v) is 5.01. The van der Waals surface area contributed by atoms with E-state index in [-0.39, 0.29) is 11.7 Å². The lowest BCUT2D eigenvalue weighted by Crippen LogP contribution is -2.05. The SMILES string of the molecule is O=C(O)c1cnc(Br)cc1OC1CC1. The second kappa shape index (κ2) is 3.57. The second-order valence-electron chi connectivity index (χ2n) is 3.13. The molecule has 74 valence electrons. The van der Waals surface area contributed by atoms with Gasteiger partial charge in [0.2, 0.25) is 0 Å². The van der Waals surface area contributed by atoms with E-state index in [1.807, 2.05) is 0 Å². The van der Waals surface area contributed by atoms with E-state index in [9.17, 15) is 4.79 Å². The van der Waals surface area contributed by atoms with Crippen LogP contribution in [0, 0.1) is 0 Å². The van der Waals surface area contributed by atoms with Crippen LogP contribution in [0.15, 0.2) is 16.9 Å². The van der Waals surface area contributed by atoms with Crippen molar-refractivity contribution >= 4 is 21.9 Å². The summed E-state index contributed by atoms with van der Waals surface area (Å²) < 4.78 is 6.03. The van der Waals surface area contributed by atoms with E-state index in [0.29, 0.717) is 10.4 Å². The van der Waals surface area contributed by atoms with Crippen molar-refractivity contribution in [1.82, 2.24) is 4.98 Å². The van der Waals surface area contributed by atoms with Gasteiger partial charge < -0.3 is 9.84 Å². The van der Waals surface area contributed by atoms with Crippen LogP contribution in [-0.4, -0.2) is 22.2 Å². The molecule has 0 amide bonds. The van der Waals surface area contributed by atoms with Crippen molar-refractivity contribution in [3.05, 3.63) is 22.4 Å². The molecule has 0 atom stereocenters. The molecule has 0 bridgehead atoms. The molecule has 1 aliphatic rings. The number of halogens is 1. The molecule has 0 saturated heterocycles. The van der Waals surface area contributed by atoms with Crippen molar-refractivity contribution in [3.63, 3.8) is 0 Å². The Hall–Kier alpha value is -1.10. The fourth-order valence-electron chi connectivity index (χ4n) is 1.04. The third-order valence-electron chi connectivity index (χ3n) is 1.88. The predicted molar refractivity (Wildman–Crippen MR) is 52.5 cm³/mol. The zero-order chi connectivity index (χ0) is 10.1. The van der Waals surface area contributed by atoms with Gasteiger partial charge in [-0.15, -0.1) is 0 Å². The number of carboxylic acids is 1. The number of nitrogens with zero attached hydrogens (tertiary/aromatic N) is 1. The molecule has 0 radical (unpaired) electrons.